The number of halogens is 3. The summed E-state index contributed by atoms with van der Waals surface area (Å²) in [6.07, 6.45) is 0. The van der Waals surface area contributed by atoms with Crippen LogP contribution in [0.15, 0.2) is 28.8 Å². The maximum absolute atomic E-state index is 13.2. The van der Waals surface area contributed by atoms with E-state index in [-0.39, 0.29) is 5.69 Å². The molecule has 0 spiro atoms. The number of hydrogen-bond acceptors (Lipinski definition) is 1. The van der Waals surface area contributed by atoms with Gasteiger partial charge in [-0.05, 0) is 19.1 Å². The summed E-state index contributed by atoms with van der Waals surface area (Å²) in [5, 5.41) is 2.64. The normalized spacial score (nSPS) is 10.0. The second-order valence-corrected chi connectivity index (χ2v) is 3.97. The molecule has 0 aromatic heterocycles. The van der Waals surface area contributed by atoms with Gasteiger partial charge >= 0.3 is 0 Å². The molecule has 1 aromatic carbocycles. The fraction of sp³-hybridized carbons (Fsp3) is 0.200. The molecule has 0 heterocycles. The predicted molar refractivity (Wildman–Crippen MR) is 57.4 cm³/mol. The van der Waals surface area contributed by atoms with E-state index in [1.807, 2.05) is 0 Å². The highest BCUT2D eigenvalue weighted by atomic mass is 79.9. The highest BCUT2D eigenvalue weighted by Gasteiger charge is 2.09. The third-order valence-corrected chi connectivity index (χ3v) is 2.03. The molecule has 1 rings (SSSR count). The van der Waals surface area contributed by atoms with Crippen molar-refractivity contribution in [3.05, 3.63) is 40.4 Å². The van der Waals surface area contributed by atoms with Crippen molar-refractivity contribution in [2.45, 2.75) is 6.92 Å². The van der Waals surface area contributed by atoms with E-state index in [1.165, 1.54) is 12.1 Å². The molecule has 14 heavy (non-hydrogen) atoms. The lowest BCUT2D eigenvalue weighted by molar-refractivity contribution is 0.587. The van der Waals surface area contributed by atoms with Gasteiger partial charge in [-0.3, -0.25) is 0 Å². The minimum Gasteiger partial charge on any atom is -0.377 e. The summed E-state index contributed by atoms with van der Waals surface area (Å²) in [5.74, 6) is -1.23. The first kappa shape index (κ1) is 11.2. The van der Waals surface area contributed by atoms with Gasteiger partial charge in [0.1, 0.15) is 17.3 Å². The van der Waals surface area contributed by atoms with Crippen molar-refractivity contribution in [2.75, 3.05) is 11.9 Å². The molecule has 1 aromatic rings. The highest BCUT2D eigenvalue weighted by molar-refractivity contribution is 9.10. The number of rotatable bonds is 3. The van der Waals surface area contributed by atoms with Crippen LogP contribution in [0.4, 0.5) is 14.5 Å². The van der Waals surface area contributed by atoms with Crippen molar-refractivity contribution in [1.82, 2.24) is 0 Å². The van der Waals surface area contributed by atoms with Crippen molar-refractivity contribution in [2.24, 2.45) is 0 Å². The average molecular weight is 262 g/mol. The summed E-state index contributed by atoms with van der Waals surface area (Å²) in [5.41, 5.74) is 0.697. The van der Waals surface area contributed by atoms with Gasteiger partial charge in [0.2, 0.25) is 0 Å². The number of anilines is 1. The van der Waals surface area contributed by atoms with Gasteiger partial charge in [-0.1, -0.05) is 28.1 Å². The molecule has 0 fully saturated rings. The Morgan fingerprint density at radius 2 is 1.93 bits per heavy atom. The predicted octanol–water partition coefficient (Wildman–Crippen LogP) is 3.72. The Morgan fingerprint density at radius 3 is 2.36 bits per heavy atom. The lowest BCUT2D eigenvalue weighted by Gasteiger charge is -2.08. The van der Waals surface area contributed by atoms with Crippen LogP contribution in [0.1, 0.15) is 6.92 Å². The van der Waals surface area contributed by atoms with Crippen LogP contribution in [0.25, 0.3) is 0 Å². The second-order valence-electron chi connectivity index (χ2n) is 3.06. The standard InChI is InChI=1S/C10H10BrF2N/c1-6(2)5-14-10-8(12)3-7(11)4-9(10)13/h3-4,14H,1,5H2,2H3. The number of hydrogen-bond donors (Lipinski definition) is 1. The lowest BCUT2D eigenvalue weighted by Crippen LogP contribution is -2.06. The molecule has 76 valence electrons. The van der Waals surface area contributed by atoms with Crippen LogP contribution in [0.3, 0.4) is 0 Å². The summed E-state index contributed by atoms with van der Waals surface area (Å²) in [4.78, 5) is 0. The molecular weight excluding hydrogens is 252 g/mol. The van der Waals surface area contributed by atoms with Crippen molar-refractivity contribution in [3.63, 3.8) is 0 Å². The summed E-state index contributed by atoms with van der Waals surface area (Å²) in [6.45, 7) is 5.77. The quantitative estimate of drug-likeness (QED) is 0.818. The van der Waals surface area contributed by atoms with Gasteiger partial charge in [-0.2, -0.15) is 0 Å². The SMILES string of the molecule is C=C(C)CNc1c(F)cc(Br)cc1F. The Hall–Kier alpha value is -0.900. The van der Waals surface area contributed by atoms with Crippen molar-refractivity contribution in [3.8, 4) is 0 Å². The fourth-order valence-corrected chi connectivity index (χ4v) is 1.35. The van der Waals surface area contributed by atoms with Gasteiger partial charge in [-0.25, -0.2) is 8.78 Å². The first-order valence-electron chi connectivity index (χ1n) is 4.03. The summed E-state index contributed by atoms with van der Waals surface area (Å²) in [7, 11) is 0. The molecule has 1 N–H and O–H groups in total. The molecule has 1 nitrogen and oxygen atoms in total. The molecule has 0 aliphatic carbocycles. The van der Waals surface area contributed by atoms with E-state index >= 15 is 0 Å². The summed E-state index contributed by atoms with van der Waals surface area (Å²) in [6, 6.07) is 2.42. The molecule has 0 atom stereocenters. The van der Waals surface area contributed by atoms with Crippen LogP contribution in [0.2, 0.25) is 0 Å². The van der Waals surface area contributed by atoms with Crippen LogP contribution in [0, 0.1) is 11.6 Å². The topological polar surface area (TPSA) is 12.0 Å². The first-order chi connectivity index (χ1) is 6.50. The monoisotopic (exact) mass is 261 g/mol. The van der Waals surface area contributed by atoms with Gasteiger partial charge in [0.15, 0.2) is 0 Å². The van der Waals surface area contributed by atoms with E-state index in [0.717, 1.165) is 5.57 Å². The molecule has 0 radical (unpaired) electrons. The third-order valence-electron chi connectivity index (χ3n) is 1.57. The summed E-state index contributed by atoms with van der Waals surface area (Å²) >= 11 is 3.00. The molecule has 4 heteroatoms. The molecule has 0 amide bonds. The van der Waals surface area contributed by atoms with E-state index in [4.69, 9.17) is 0 Å². The fourth-order valence-electron chi connectivity index (χ4n) is 0.950. The Labute approximate surface area is 90.0 Å². The van der Waals surface area contributed by atoms with E-state index < -0.39 is 11.6 Å². The van der Waals surface area contributed by atoms with Crippen LogP contribution in [-0.2, 0) is 0 Å². The zero-order chi connectivity index (χ0) is 10.7. The maximum atomic E-state index is 13.2. The van der Waals surface area contributed by atoms with Crippen LogP contribution >= 0.6 is 15.9 Å². The van der Waals surface area contributed by atoms with E-state index in [2.05, 4.69) is 27.8 Å². The highest BCUT2D eigenvalue weighted by Crippen LogP contribution is 2.23. The Bertz CT molecular complexity index is 340. The Kier molecular flexibility index (Phi) is 3.63. The van der Waals surface area contributed by atoms with Crippen molar-refractivity contribution < 1.29 is 8.78 Å². The van der Waals surface area contributed by atoms with E-state index in [9.17, 15) is 8.78 Å². The van der Waals surface area contributed by atoms with E-state index in [1.54, 1.807) is 6.92 Å². The lowest BCUT2D eigenvalue weighted by atomic mass is 10.2. The molecule has 0 aliphatic rings. The maximum Gasteiger partial charge on any atom is 0.150 e. The third kappa shape index (κ3) is 2.80. The van der Waals surface area contributed by atoms with Gasteiger partial charge in [0.05, 0.1) is 0 Å². The average Bonchev–Trinajstić information content (AvgIpc) is 2.01. The largest absolute Gasteiger partial charge is 0.377 e. The van der Waals surface area contributed by atoms with Crippen LogP contribution in [-0.4, -0.2) is 6.54 Å². The molecule has 0 aliphatic heterocycles. The molecule has 0 saturated heterocycles. The Balaban J connectivity index is 2.91. The van der Waals surface area contributed by atoms with Gasteiger partial charge in [-0.15, -0.1) is 0 Å². The van der Waals surface area contributed by atoms with Crippen molar-refractivity contribution in [1.29, 1.82) is 0 Å². The zero-order valence-electron chi connectivity index (χ0n) is 7.70. The summed E-state index contributed by atoms with van der Waals surface area (Å²) < 4.78 is 26.8. The first-order valence-corrected chi connectivity index (χ1v) is 4.83. The Morgan fingerprint density at radius 1 is 1.43 bits per heavy atom. The zero-order valence-corrected chi connectivity index (χ0v) is 9.29. The van der Waals surface area contributed by atoms with Crippen molar-refractivity contribution >= 4 is 21.6 Å². The van der Waals surface area contributed by atoms with Gasteiger partial charge < -0.3 is 5.32 Å². The minimum atomic E-state index is -0.613. The van der Waals surface area contributed by atoms with E-state index in [0.29, 0.717) is 11.0 Å². The van der Waals surface area contributed by atoms with Crippen LogP contribution in [0.5, 0.6) is 0 Å². The molecule has 0 saturated carbocycles. The second kappa shape index (κ2) is 4.55. The minimum absolute atomic E-state index is 0.115. The molecule has 0 bridgehead atoms. The van der Waals surface area contributed by atoms with Crippen LogP contribution < -0.4 is 5.32 Å². The van der Waals surface area contributed by atoms with Gasteiger partial charge in [0, 0.05) is 11.0 Å². The number of benzene rings is 1. The van der Waals surface area contributed by atoms with Gasteiger partial charge in [0.25, 0.3) is 0 Å². The smallest absolute Gasteiger partial charge is 0.150 e. The molecular formula is C10H10BrF2N. The number of nitrogens with one attached hydrogen (secondary N) is 1. The molecule has 0 unspecified atom stereocenters.